The summed E-state index contributed by atoms with van der Waals surface area (Å²) in [6.45, 7) is 1.14. The molecule has 0 amide bonds. The Bertz CT molecular complexity index is 812. The standard InChI is InChI=1S/C18H14F7NO2/c1-9(28-16(27)15(26)10-2-4-14(19)5-3-10)11-6-12(17(20,21)22)8-13(7-11)18(23,24)25/h2-9,16,26-27H,1H3/t9-,16+/m1/s1. The van der Waals surface area contributed by atoms with Gasteiger partial charge in [0.1, 0.15) is 5.82 Å². The van der Waals surface area contributed by atoms with Crippen LogP contribution in [0.15, 0.2) is 42.5 Å². The van der Waals surface area contributed by atoms with Crippen molar-refractivity contribution in [3.05, 3.63) is 70.5 Å². The topological polar surface area (TPSA) is 53.3 Å². The Morgan fingerprint density at radius 1 is 0.929 bits per heavy atom. The van der Waals surface area contributed by atoms with Crippen molar-refractivity contribution in [2.24, 2.45) is 0 Å². The Hall–Kier alpha value is -2.46. The summed E-state index contributed by atoms with van der Waals surface area (Å²) in [5, 5.41) is 17.7. The second kappa shape index (κ2) is 7.88. The molecule has 0 aliphatic carbocycles. The molecule has 0 aromatic heterocycles. The summed E-state index contributed by atoms with van der Waals surface area (Å²) in [6.07, 6.45) is -13.4. The summed E-state index contributed by atoms with van der Waals surface area (Å²) in [5.74, 6) is -0.594. The average Bonchev–Trinajstić information content (AvgIpc) is 2.59. The first kappa shape index (κ1) is 21.8. The van der Waals surface area contributed by atoms with Crippen molar-refractivity contribution in [1.82, 2.24) is 0 Å². The van der Waals surface area contributed by atoms with E-state index in [4.69, 9.17) is 10.1 Å². The monoisotopic (exact) mass is 409 g/mol. The number of aliphatic hydroxyl groups is 1. The van der Waals surface area contributed by atoms with Crippen LogP contribution >= 0.6 is 0 Å². The van der Waals surface area contributed by atoms with Gasteiger partial charge in [-0.05, 0) is 42.8 Å². The number of hydrogen-bond donors (Lipinski definition) is 2. The lowest BCUT2D eigenvalue weighted by atomic mass is 10.0. The molecule has 10 heteroatoms. The molecule has 2 aromatic rings. The maximum absolute atomic E-state index is 12.9. The van der Waals surface area contributed by atoms with E-state index >= 15 is 0 Å². The van der Waals surface area contributed by atoms with Gasteiger partial charge < -0.3 is 9.84 Å². The molecule has 0 unspecified atom stereocenters. The number of ether oxygens (including phenoxy) is 1. The highest BCUT2D eigenvalue weighted by molar-refractivity contribution is 6.00. The third-order valence-corrected chi connectivity index (χ3v) is 3.81. The minimum Gasteiger partial charge on any atom is -0.363 e. The lowest BCUT2D eigenvalue weighted by Crippen LogP contribution is -2.25. The zero-order valence-corrected chi connectivity index (χ0v) is 14.2. The second-order valence-electron chi connectivity index (χ2n) is 5.89. The van der Waals surface area contributed by atoms with E-state index in [2.05, 4.69) is 0 Å². The molecule has 0 bridgehead atoms. The molecule has 0 fully saturated rings. The molecular formula is C18H14F7NO2. The molecule has 2 N–H and O–H groups in total. The van der Waals surface area contributed by atoms with Crippen molar-refractivity contribution in [1.29, 1.82) is 5.41 Å². The summed E-state index contributed by atoms with van der Waals surface area (Å²) >= 11 is 0. The summed E-state index contributed by atoms with van der Waals surface area (Å²) in [6, 6.07) is 5.31. The molecule has 0 aliphatic heterocycles. The molecule has 0 spiro atoms. The third kappa shape index (κ3) is 5.29. The van der Waals surface area contributed by atoms with E-state index in [0.717, 1.165) is 19.1 Å². The van der Waals surface area contributed by atoms with Gasteiger partial charge in [-0.15, -0.1) is 0 Å². The number of halogens is 7. The maximum atomic E-state index is 12.9. The Labute approximate surface area is 154 Å². The third-order valence-electron chi connectivity index (χ3n) is 3.81. The fourth-order valence-electron chi connectivity index (χ4n) is 2.33. The van der Waals surface area contributed by atoms with E-state index in [0.29, 0.717) is 12.1 Å². The van der Waals surface area contributed by atoms with Crippen LogP contribution in [0.25, 0.3) is 0 Å². The number of rotatable bonds is 5. The first-order chi connectivity index (χ1) is 12.8. The molecule has 0 saturated carbocycles. The van der Waals surface area contributed by atoms with Crippen LogP contribution in [0.4, 0.5) is 30.7 Å². The van der Waals surface area contributed by atoms with Crippen LogP contribution in [-0.4, -0.2) is 17.1 Å². The summed E-state index contributed by atoms with van der Waals surface area (Å²) in [4.78, 5) is 0. The Morgan fingerprint density at radius 2 is 1.39 bits per heavy atom. The minimum atomic E-state index is -5.02. The lowest BCUT2D eigenvalue weighted by molar-refractivity contribution is -0.143. The highest BCUT2D eigenvalue weighted by atomic mass is 19.4. The summed E-state index contributed by atoms with van der Waals surface area (Å²) < 4.78 is 95.5. The molecule has 2 rings (SSSR count). The molecule has 2 aromatic carbocycles. The molecule has 0 heterocycles. The maximum Gasteiger partial charge on any atom is 0.416 e. The van der Waals surface area contributed by atoms with Gasteiger partial charge in [0.25, 0.3) is 0 Å². The fraction of sp³-hybridized carbons (Fsp3) is 0.278. The first-order valence-electron chi connectivity index (χ1n) is 7.76. The van der Waals surface area contributed by atoms with Gasteiger partial charge in [-0.2, -0.15) is 26.3 Å². The van der Waals surface area contributed by atoms with Crippen molar-refractivity contribution in [3.63, 3.8) is 0 Å². The van der Waals surface area contributed by atoms with Gasteiger partial charge in [0.15, 0.2) is 6.29 Å². The van der Waals surface area contributed by atoms with E-state index in [9.17, 15) is 35.8 Å². The predicted octanol–water partition coefficient (Wildman–Crippen LogP) is 5.33. The van der Waals surface area contributed by atoms with Crippen molar-refractivity contribution < 1.29 is 40.6 Å². The predicted molar refractivity (Wildman–Crippen MR) is 85.2 cm³/mol. The number of aliphatic hydroxyl groups excluding tert-OH is 1. The first-order valence-corrected chi connectivity index (χ1v) is 7.76. The number of alkyl halides is 6. The molecular weight excluding hydrogens is 395 g/mol. The average molecular weight is 409 g/mol. The number of hydrogen-bond acceptors (Lipinski definition) is 3. The zero-order valence-electron chi connectivity index (χ0n) is 14.2. The highest BCUT2D eigenvalue weighted by Crippen LogP contribution is 2.38. The van der Waals surface area contributed by atoms with Crippen molar-refractivity contribution in [2.75, 3.05) is 0 Å². The molecule has 0 saturated heterocycles. The van der Waals surface area contributed by atoms with Gasteiger partial charge in [-0.25, -0.2) is 4.39 Å². The normalized spacial score (nSPS) is 14.6. The molecule has 2 atom stereocenters. The number of nitrogens with one attached hydrogen (secondary N) is 1. The van der Waals surface area contributed by atoms with Gasteiger partial charge in [-0.3, -0.25) is 5.41 Å². The van der Waals surface area contributed by atoms with Gasteiger partial charge in [0.05, 0.1) is 22.9 Å². The Morgan fingerprint density at radius 3 is 1.82 bits per heavy atom. The SMILES string of the molecule is C[C@@H](O[C@H](O)C(=N)c1ccc(F)cc1)c1cc(C(F)(F)F)cc(C(F)(F)F)c1. The van der Waals surface area contributed by atoms with Crippen LogP contribution in [0.3, 0.4) is 0 Å². The smallest absolute Gasteiger partial charge is 0.363 e. The van der Waals surface area contributed by atoms with E-state index in [1.54, 1.807) is 0 Å². The lowest BCUT2D eigenvalue weighted by Gasteiger charge is -2.21. The van der Waals surface area contributed by atoms with E-state index < -0.39 is 53.0 Å². The zero-order chi connectivity index (χ0) is 21.3. The van der Waals surface area contributed by atoms with Gasteiger partial charge in [0, 0.05) is 5.56 Å². The highest BCUT2D eigenvalue weighted by Gasteiger charge is 2.37. The van der Waals surface area contributed by atoms with Crippen LogP contribution < -0.4 is 0 Å². The van der Waals surface area contributed by atoms with E-state index in [-0.39, 0.29) is 11.6 Å². The van der Waals surface area contributed by atoms with Crippen molar-refractivity contribution >= 4 is 5.71 Å². The minimum absolute atomic E-state index is 0.0206. The Kier molecular flexibility index (Phi) is 6.15. The van der Waals surface area contributed by atoms with Crippen molar-refractivity contribution in [2.45, 2.75) is 31.7 Å². The van der Waals surface area contributed by atoms with E-state index in [1.807, 2.05) is 0 Å². The van der Waals surface area contributed by atoms with Crippen molar-refractivity contribution in [3.8, 4) is 0 Å². The summed E-state index contributed by atoms with van der Waals surface area (Å²) in [7, 11) is 0. The quantitative estimate of drug-likeness (QED) is 0.399. The van der Waals surface area contributed by atoms with E-state index in [1.165, 1.54) is 12.1 Å². The van der Waals surface area contributed by atoms with Crippen LogP contribution in [0.2, 0.25) is 0 Å². The van der Waals surface area contributed by atoms with Gasteiger partial charge in [0.2, 0.25) is 0 Å². The molecule has 0 radical (unpaired) electrons. The molecule has 28 heavy (non-hydrogen) atoms. The Balaban J connectivity index is 2.28. The number of benzene rings is 2. The molecule has 3 nitrogen and oxygen atoms in total. The van der Waals surface area contributed by atoms with Gasteiger partial charge >= 0.3 is 12.4 Å². The van der Waals surface area contributed by atoms with Gasteiger partial charge in [-0.1, -0.05) is 12.1 Å². The molecule has 0 aliphatic rings. The second-order valence-corrected chi connectivity index (χ2v) is 5.89. The van der Waals surface area contributed by atoms with Crippen LogP contribution in [0, 0.1) is 11.2 Å². The largest absolute Gasteiger partial charge is 0.416 e. The summed E-state index contributed by atoms with van der Waals surface area (Å²) in [5.41, 5.74) is -3.98. The van der Waals surface area contributed by atoms with Crippen LogP contribution in [0.5, 0.6) is 0 Å². The van der Waals surface area contributed by atoms with Crippen LogP contribution in [-0.2, 0) is 17.1 Å². The molecule has 152 valence electrons. The fourth-order valence-corrected chi connectivity index (χ4v) is 2.33. The van der Waals surface area contributed by atoms with Crippen LogP contribution in [0.1, 0.15) is 35.3 Å².